The average molecular weight is 526 g/mol. The highest BCUT2D eigenvalue weighted by molar-refractivity contribution is 6.31. The van der Waals surface area contributed by atoms with Crippen LogP contribution in [0.25, 0.3) is 0 Å². The van der Waals surface area contributed by atoms with E-state index in [0.29, 0.717) is 33.7 Å². The van der Waals surface area contributed by atoms with Crippen LogP contribution in [0, 0.1) is 17.8 Å². The Hall–Kier alpha value is -3.34. The molecule has 1 aliphatic heterocycles. The Morgan fingerprint density at radius 2 is 1.84 bits per heavy atom. The zero-order valence-electron chi connectivity index (χ0n) is 20.4. The van der Waals surface area contributed by atoms with Crippen molar-refractivity contribution in [2.75, 3.05) is 25.9 Å². The minimum Gasteiger partial charge on any atom is -0.383 e. The fourth-order valence-electron chi connectivity index (χ4n) is 4.49. The van der Waals surface area contributed by atoms with Crippen LogP contribution in [0.3, 0.4) is 0 Å². The first-order chi connectivity index (χ1) is 17.6. The second-order valence-corrected chi connectivity index (χ2v) is 9.83. The number of rotatable bonds is 5. The van der Waals surface area contributed by atoms with E-state index in [9.17, 15) is 18.0 Å². The molecule has 0 unspecified atom stereocenters. The lowest BCUT2D eigenvalue weighted by Gasteiger charge is -2.29. The number of pyridine rings is 1. The van der Waals surface area contributed by atoms with Crippen molar-refractivity contribution >= 4 is 23.2 Å². The maximum atomic E-state index is 13.9. The van der Waals surface area contributed by atoms with Crippen LogP contribution in [0.4, 0.5) is 19.0 Å². The van der Waals surface area contributed by atoms with Gasteiger partial charge in [-0.25, -0.2) is 4.98 Å². The van der Waals surface area contributed by atoms with Crippen molar-refractivity contribution in [1.82, 2.24) is 9.88 Å². The van der Waals surface area contributed by atoms with Gasteiger partial charge in [-0.05, 0) is 92.8 Å². The summed E-state index contributed by atoms with van der Waals surface area (Å²) in [5.74, 6) is 5.97. The van der Waals surface area contributed by atoms with Crippen molar-refractivity contribution in [2.45, 2.75) is 31.9 Å². The standard InChI is InChI=1S/C29H27ClF3N3O/c1-36-13-10-19(11-14-36)15-22-5-4-20(16-25(22)29(31,32)33)17-27(37)24-8-9-26(30)23(18-24)7-6-21-3-2-12-35-28(21)34/h2-5,8-9,12,16,18-19H,10-11,13-15,17H2,1H3,(H2,34,35). The predicted octanol–water partition coefficient (Wildman–Crippen LogP) is 6.05. The van der Waals surface area contributed by atoms with Crippen molar-refractivity contribution in [3.63, 3.8) is 0 Å². The summed E-state index contributed by atoms with van der Waals surface area (Å²) in [6.45, 7) is 1.78. The molecule has 0 atom stereocenters. The van der Waals surface area contributed by atoms with Crippen molar-refractivity contribution in [3.8, 4) is 11.8 Å². The van der Waals surface area contributed by atoms with Crippen molar-refractivity contribution in [2.24, 2.45) is 5.92 Å². The van der Waals surface area contributed by atoms with E-state index in [0.717, 1.165) is 32.0 Å². The number of nitrogens with two attached hydrogens (primary N) is 1. The number of likely N-dealkylation sites (tertiary alicyclic amines) is 1. The number of carbonyl (C=O) groups excluding carboxylic acids is 1. The van der Waals surface area contributed by atoms with E-state index in [1.54, 1.807) is 42.6 Å². The highest BCUT2D eigenvalue weighted by Gasteiger charge is 2.34. The number of anilines is 1. The molecule has 0 bridgehead atoms. The van der Waals surface area contributed by atoms with Gasteiger partial charge in [0.1, 0.15) is 5.82 Å². The first kappa shape index (κ1) is 26.7. The van der Waals surface area contributed by atoms with Gasteiger partial charge >= 0.3 is 6.18 Å². The molecule has 0 saturated carbocycles. The van der Waals surface area contributed by atoms with Crippen LogP contribution in [0.2, 0.25) is 5.02 Å². The van der Waals surface area contributed by atoms with Gasteiger partial charge in [0.2, 0.25) is 0 Å². The SMILES string of the molecule is CN1CCC(Cc2ccc(CC(=O)c3ccc(Cl)c(C#Cc4cccnc4N)c3)cc2C(F)(F)F)CC1. The lowest BCUT2D eigenvalue weighted by atomic mass is 9.87. The zero-order chi connectivity index (χ0) is 26.6. The minimum absolute atomic E-state index is 0.165. The molecule has 1 aliphatic rings. The number of piperidine rings is 1. The Balaban J connectivity index is 1.53. The van der Waals surface area contributed by atoms with E-state index in [4.69, 9.17) is 17.3 Å². The number of ketones is 1. The maximum Gasteiger partial charge on any atom is 0.416 e. The molecule has 192 valence electrons. The Kier molecular flexibility index (Phi) is 8.21. The number of carbonyl (C=O) groups is 1. The van der Waals surface area contributed by atoms with Gasteiger partial charge in [0, 0.05) is 23.7 Å². The number of hydrogen-bond acceptors (Lipinski definition) is 4. The number of nitrogens with zero attached hydrogens (tertiary/aromatic N) is 2. The molecule has 37 heavy (non-hydrogen) atoms. The van der Waals surface area contributed by atoms with Crippen LogP contribution in [-0.4, -0.2) is 35.8 Å². The van der Waals surface area contributed by atoms with Crippen LogP contribution in [0.1, 0.15) is 51.0 Å². The van der Waals surface area contributed by atoms with Gasteiger partial charge in [0.25, 0.3) is 0 Å². The van der Waals surface area contributed by atoms with Gasteiger partial charge in [0.15, 0.2) is 5.78 Å². The number of alkyl halides is 3. The fraction of sp³-hybridized carbons (Fsp3) is 0.310. The van der Waals surface area contributed by atoms with E-state index in [-0.39, 0.29) is 29.5 Å². The average Bonchev–Trinajstić information content (AvgIpc) is 2.86. The molecule has 0 spiro atoms. The topological polar surface area (TPSA) is 59.2 Å². The molecular weight excluding hydrogens is 499 g/mol. The molecule has 2 aromatic carbocycles. The van der Waals surface area contributed by atoms with Gasteiger partial charge in [-0.2, -0.15) is 13.2 Å². The molecule has 0 radical (unpaired) electrons. The lowest BCUT2D eigenvalue weighted by molar-refractivity contribution is -0.138. The third kappa shape index (κ3) is 6.91. The highest BCUT2D eigenvalue weighted by Crippen LogP contribution is 2.35. The van der Waals surface area contributed by atoms with E-state index < -0.39 is 11.7 Å². The first-order valence-electron chi connectivity index (χ1n) is 12.0. The van der Waals surface area contributed by atoms with Crippen molar-refractivity contribution in [3.05, 3.63) is 93.1 Å². The number of Topliss-reactive ketones (excluding diaryl/α,β-unsaturated/α-hetero) is 1. The summed E-state index contributed by atoms with van der Waals surface area (Å²) in [5.41, 5.74) is 7.02. The number of aromatic nitrogens is 1. The zero-order valence-corrected chi connectivity index (χ0v) is 21.2. The third-order valence-electron chi connectivity index (χ3n) is 6.65. The first-order valence-corrected chi connectivity index (χ1v) is 12.4. The van der Waals surface area contributed by atoms with E-state index in [1.807, 2.05) is 7.05 Å². The maximum absolute atomic E-state index is 13.9. The van der Waals surface area contributed by atoms with E-state index in [1.165, 1.54) is 6.07 Å². The van der Waals surface area contributed by atoms with Crippen molar-refractivity contribution in [1.29, 1.82) is 0 Å². The minimum atomic E-state index is -4.49. The fourth-order valence-corrected chi connectivity index (χ4v) is 4.66. The predicted molar refractivity (Wildman–Crippen MR) is 139 cm³/mol. The van der Waals surface area contributed by atoms with E-state index in [2.05, 4.69) is 21.7 Å². The van der Waals surface area contributed by atoms with E-state index >= 15 is 0 Å². The molecule has 8 heteroatoms. The van der Waals surface area contributed by atoms with Gasteiger partial charge in [-0.3, -0.25) is 4.79 Å². The molecule has 3 aromatic rings. The smallest absolute Gasteiger partial charge is 0.383 e. The van der Waals surface area contributed by atoms with Gasteiger partial charge in [-0.15, -0.1) is 0 Å². The lowest BCUT2D eigenvalue weighted by Crippen LogP contribution is -2.31. The summed E-state index contributed by atoms with van der Waals surface area (Å²) in [7, 11) is 2.02. The van der Waals surface area contributed by atoms with Crippen LogP contribution >= 0.6 is 11.6 Å². The van der Waals surface area contributed by atoms with Crippen molar-refractivity contribution < 1.29 is 18.0 Å². The summed E-state index contributed by atoms with van der Waals surface area (Å²) in [5, 5.41) is 0.351. The normalized spacial score (nSPS) is 14.7. The molecule has 1 aromatic heterocycles. The summed E-state index contributed by atoms with van der Waals surface area (Å²) in [6.07, 6.45) is -0.957. The second kappa shape index (κ2) is 11.4. The van der Waals surface area contributed by atoms with Crippen LogP contribution in [0.15, 0.2) is 54.7 Å². The third-order valence-corrected chi connectivity index (χ3v) is 6.98. The molecule has 4 rings (SSSR count). The van der Waals surface area contributed by atoms with Gasteiger partial charge in [0.05, 0.1) is 16.1 Å². The number of benzene rings is 2. The molecule has 0 aliphatic carbocycles. The van der Waals surface area contributed by atoms with Crippen LogP contribution in [-0.2, 0) is 19.0 Å². The summed E-state index contributed by atoms with van der Waals surface area (Å²) < 4.78 is 41.8. The van der Waals surface area contributed by atoms with Crippen LogP contribution in [0.5, 0.6) is 0 Å². The number of nitrogen functional groups attached to an aromatic ring is 1. The summed E-state index contributed by atoms with van der Waals surface area (Å²) in [6, 6.07) is 12.3. The largest absolute Gasteiger partial charge is 0.416 e. The Bertz CT molecular complexity index is 1350. The summed E-state index contributed by atoms with van der Waals surface area (Å²) >= 11 is 6.26. The van der Waals surface area contributed by atoms with Gasteiger partial charge in [-0.1, -0.05) is 35.6 Å². The number of hydrogen-bond donors (Lipinski definition) is 1. The quantitative estimate of drug-likeness (QED) is 0.325. The Labute approximate surface area is 219 Å². The monoisotopic (exact) mass is 525 g/mol. The molecule has 2 heterocycles. The highest BCUT2D eigenvalue weighted by atomic mass is 35.5. The van der Waals surface area contributed by atoms with Gasteiger partial charge < -0.3 is 10.6 Å². The molecule has 0 amide bonds. The van der Waals surface area contributed by atoms with Crippen LogP contribution < -0.4 is 5.73 Å². The molecular formula is C29H27ClF3N3O. The Morgan fingerprint density at radius 1 is 1.11 bits per heavy atom. The molecule has 4 nitrogen and oxygen atoms in total. The second-order valence-electron chi connectivity index (χ2n) is 9.42. The molecule has 1 fully saturated rings. The summed E-state index contributed by atoms with van der Waals surface area (Å²) in [4.78, 5) is 19.2. The molecule has 1 saturated heterocycles. The Morgan fingerprint density at radius 3 is 2.54 bits per heavy atom. The number of halogens is 4. The molecule has 2 N–H and O–H groups in total.